The Labute approximate surface area is 153 Å². The summed E-state index contributed by atoms with van der Waals surface area (Å²) in [6.07, 6.45) is 3.41. The molecule has 2 aliphatic rings. The summed E-state index contributed by atoms with van der Waals surface area (Å²) in [7, 11) is 2.09. The average molecular weight is 355 g/mol. The summed E-state index contributed by atoms with van der Waals surface area (Å²) in [5.74, 6) is 1.92. The van der Waals surface area contributed by atoms with Gasteiger partial charge in [-0.25, -0.2) is 0 Å². The molecule has 2 aromatic heterocycles. The van der Waals surface area contributed by atoms with Crippen LogP contribution in [-0.4, -0.2) is 57.6 Å². The maximum atomic E-state index is 12.5. The lowest BCUT2D eigenvalue weighted by molar-refractivity contribution is 0.0110. The van der Waals surface area contributed by atoms with Crippen LogP contribution in [0.1, 0.15) is 48.6 Å². The van der Waals surface area contributed by atoms with Gasteiger partial charge in [0.2, 0.25) is 11.8 Å². The van der Waals surface area contributed by atoms with E-state index in [2.05, 4.69) is 41.0 Å². The first-order valence-electron chi connectivity index (χ1n) is 9.19. The number of nitrogens with zero attached hydrogens (tertiary/aromatic N) is 5. The summed E-state index contributed by atoms with van der Waals surface area (Å²) < 4.78 is 5.90. The molecule has 2 saturated heterocycles. The summed E-state index contributed by atoms with van der Waals surface area (Å²) in [6.45, 7) is 6.74. The van der Waals surface area contributed by atoms with E-state index in [-0.39, 0.29) is 17.4 Å². The van der Waals surface area contributed by atoms with Crippen LogP contribution in [0.3, 0.4) is 0 Å². The Morgan fingerprint density at radius 2 is 2.12 bits per heavy atom. The predicted molar refractivity (Wildman–Crippen MR) is 95.4 cm³/mol. The summed E-state index contributed by atoms with van der Waals surface area (Å²) in [6, 6.07) is 5.57. The van der Waals surface area contributed by atoms with Crippen molar-refractivity contribution in [1.82, 2.24) is 25.0 Å². The first-order valence-corrected chi connectivity index (χ1v) is 9.19. The smallest absolute Gasteiger partial charge is 0.272 e. The second-order valence-electron chi connectivity index (χ2n) is 8.14. The summed E-state index contributed by atoms with van der Waals surface area (Å²) >= 11 is 0. The molecule has 1 spiro atoms. The fraction of sp³-hybridized carbons (Fsp3) is 0.579. The minimum Gasteiger partial charge on any atom is -0.424 e. The van der Waals surface area contributed by atoms with Gasteiger partial charge in [-0.15, -0.1) is 10.2 Å². The van der Waals surface area contributed by atoms with Gasteiger partial charge in [0.25, 0.3) is 5.91 Å². The Morgan fingerprint density at radius 1 is 1.31 bits per heavy atom. The van der Waals surface area contributed by atoms with Crippen LogP contribution in [0.5, 0.6) is 0 Å². The highest BCUT2D eigenvalue weighted by Crippen LogP contribution is 2.47. The van der Waals surface area contributed by atoms with Crippen LogP contribution in [-0.2, 0) is 6.42 Å². The van der Waals surface area contributed by atoms with Crippen LogP contribution in [0.15, 0.2) is 28.8 Å². The van der Waals surface area contributed by atoms with E-state index in [1.807, 2.05) is 17.0 Å². The molecule has 1 amide bonds. The van der Waals surface area contributed by atoms with E-state index >= 15 is 0 Å². The van der Waals surface area contributed by atoms with Gasteiger partial charge in [0, 0.05) is 37.7 Å². The van der Waals surface area contributed by atoms with E-state index in [1.165, 1.54) is 0 Å². The maximum Gasteiger partial charge on any atom is 0.272 e. The maximum absolute atomic E-state index is 12.5. The molecule has 7 nitrogen and oxygen atoms in total. The molecule has 138 valence electrons. The first kappa shape index (κ1) is 17.1. The lowest BCUT2D eigenvalue weighted by Crippen LogP contribution is -2.59. The number of likely N-dealkylation sites (tertiary alicyclic amines) is 2. The zero-order chi connectivity index (χ0) is 18.3. The molecular weight excluding hydrogens is 330 g/mol. The van der Waals surface area contributed by atoms with Crippen molar-refractivity contribution < 1.29 is 9.21 Å². The van der Waals surface area contributed by atoms with Crippen molar-refractivity contribution in [2.45, 2.75) is 32.7 Å². The number of rotatable bonds is 4. The molecule has 0 bridgehead atoms. The largest absolute Gasteiger partial charge is 0.424 e. The SMILES string of the molecule is CC(C)Cc1nnc(C2CC3(CN(C(=O)c4ccccn4)C3)CN2C)o1. The molecule has 0 aromatic carbocycles. The fourth-order valence-corrected chi connectivity index (χ4v) is 4.17. The molecule has 2 aromatic rings. The van der Waals surface area contributed by atoms with Crippen LogP contribution >= 0.6 is 0 Å². The summed E-state index contributed by atoms with van der Waals surface area (Å²) in [4.78, 5) is 20.8. The number of carbonyl (C=O) groups excluding carboxylic acids is 1. The van der Waals surface area contributed by atoms with Crippen LogP contribution in [0.2, 0.25) is 0 Å². The van der Waals surface area contributed by atoms with Crippen molar-refractivity contribution in [3.8, 4) is 0 Å². The van der Waals surface area contributed by atoms with Gasteiger partial charge < -0.3 is 9.32 Å². The number of hydrogen-bond acceptors (Lipinski definition) is 6. The van der Waals surface area contributed by atoms with E-state index in [0.29, 0.717) is 23.4 Å². The zero-order valence-electron chi connectivity index (χ0n) is 15.6. The molecular formula is C19H25N5O2. The van der Waals surface area contributed by atoms with Crippen LogP contribution in [0.25, 0.3) is 0 Å². The monoisotopic (exact) mass is 355 g/mol. The number of hydrogen-bond donors (Lipinski definition) is 0. The molecule has 2 aliphatic heterocycles. The van der Waals surface area contributed by atoms with Gasteiger partial charge in [0.05, 0.1) is 6.04 Å². The van der Waals surface area contributed by atoms with Gasteiger partial charge in [-0.1, -0.05) is 19.9 Å². The number of amides is 1. The summed E-state index contributed by atoms with van der Waals surface area (Å²) in [5.41, 5.74) is 0.636. The first-order chi connectivity index (χ1) is 12.5. The number of carbonyl (C=O) groups is 1. The Balaban J connectivity index is 1.40. The van der Waals surface area contributed by atoms with E-state index in [1.54, 1.807) is 12.3 Å². The molecule has 7 heteroatoms. The molecule has 0 saturated carbocycles. The van der Waals surface area contributed by atoms with Crippen molar-refractivity contribution in [2.75, 3.05) is 26.7 Å². The Morgan fingerprint density at radius 3 is 2.81 bits per heavy atom. The van der Waals surface area contributed by atoms with Gasteiger partial charge in [-0.3, -0.25) is 14.7 Å². The predicted octanol–water partition coefficient (Wildman–Crippen LogP) is 2.18. The van der Waals surface area contributed by atoms with E-state index < -0.39 is 0 Å². The van der Waals surface area contributed by atoms with E-state index in [9.17, 15) is 4.79 Å². The standard InChI is InChI=1S/C19H25N5O2/c1-13(2)8-16-21-22-17(26-16)15-9-19(10-23(15)3)11-24(12-19)18(25)14-6-4-5-7-20-14/h4-7,13,15H,8-12H2,1-3H3. The van der Waals surface area contributed by atoms with Crippen molar-refractivity contribution in [1.29, 1.82) is 0 Å². The molecule has 0 aliphatic carbocycles. The van der Waals surface area contributed by atoms with Crippen molar-refractivity contribution in [3.63, 3.8) is 0 Å². The fourth-order valence-electron chi connectivity index (χ4n) is 4.17. The zero-order valence-corrected chi connectivity index (χ0v) is 15.6. The molecule has 1 unspecified atom stereocenters. The highest BCUT2D eigenvalue weighted by Gasteiger charge is 2.53. The molecule has 0 radical (unpaired) electrons. The van der Waals surface area contributed by atoms with Gasteiger partial charge in [-0.05, 0) is 31.5 Å². The van der Waals surface area contributed by atoms with Crippen molar-refractivity contribution in [3.05, 3.63) is 41.9 Å². The molecule has 4 rings (SSSR count). The third kappa shape index (κ3) is 3.11. The lowest BCUT2D eigenvalue weighted by atomic mass is 9.77. The second-order valence-corrected chi connectivity index (χ2v) is 8.14. The lowest BCUT2D eigenvalue weighted by Gasteiger charge is -2.47. The number of pyridine rings is 1. The number of aromatic nitrogens is 3. The minimum atomic E-state index is 0.0133. The molecule has 2 fully saturated rings. The topological polar surface area (TPSA) is 75.4 Å². The Kier molecular flexibility index (Phi) is 4.26. The van der Waals surface area contributed by atoms with Gasteiger partial charge in [-0.2, -0.15) is 0 Å². The second kappa shape index (κ2) is 6.46. The molecule has 4 heterocycles. The van der Waals surface area contributed by atoms with Crippen molar-refractivity contribution in [2.24, 2.45) is 11.3 Å². The van der Waals surface area contributed by atoms with Crippen molar-refractivity contribution >= 4 is 5.91 Å². The third-order valence-electron chi connectivity index (χ3n) is 5.32. The highest BCUT2D eigenvalue weighted by molar-refractivity contribution is 5.92. The average Bonchev–Trinajstić information content (AvgIpc) is 3.17. The Bertz CT molecular complexity index is 782. The van der Waals surface area contributed by atoms with Gasteiger partial charge in [0.1, 0.15) is 5.69 Å². The normalized spacial score (nSPS) is 22.2. The minimum absolute atomic E-state index is 0.0133. The van der Waals surface area contributed by atoms with E-state index in [0.717, 1.165) is 32.5 Å². The van der Waals surface area contributed by atoms with E-state index in [4.69, 9.17) is 4.42 Å². The van der Waals surface area contributed by atoms with Gasteiger partial charge in [0.15, 0.2) is 0 Å². The summed E-state index contributed by atoms with van der Waals surface area (Å²) in [5, 5.41) is 8.47. The Hall–Kier alpha value is -2.28. The quantitative estimate of drug-likeness (QED) is 0.837. The van der Waals surface area contributed by atoms with Crippen LogP contribution < -0.4 is 0 Å². The van der Waals surface area contributed by atoms with Gasteiger partial charge >= 0.3 is 0 Å². The molecule has 0 N–H and O–H groups in total. The molecule has 1 atom stereocenters. The third-order valence-corrected chi connectivity index (χ3v) is 5.32. The van der Waals surface area contributed by atoms with Crippen LogP contribution in [0.4, 0.5) is 0 Å². The highest BCUT2D eigenvalue weighted by atomic mass is 16.4. The molecule has 26 heavy (non-hydrogen) atoms. The van der Waals surface area contributed by atoms with Crippen LogP contribution in [0, 0.1) is 11.3 Å².